The number of carboxylic acids is 1. The number of hydrogen-bond acceptors (Lipinski definition) is 3. The van der Waals surface area contributed by atoms with Gasteiger partial charge in [-0.05, 0) is 0 Å². The van der Waals surface area contributed by atoms with Crippen molar-refractivity contribution in [1.29, 1.82) is 0 Å². The van der Waals surface area contributed by atoms with Gasteiger partial charge in [0.15, 0.2) is 0 Å². The zero-order valence-corrected chi connectivity index (χ0v) is 7.68. The molecule has 0 saturated heterocycles. The lowest BCUT2D eigenvalue weighted by molar-refractivity contribution is -0.140. The molecule has 0 rings (SSSR count). The maximum absolute atomic E-state index is 10.6. The molecular weight excluding hydrogens is 182 g/mol. The average Bonchev–Trinajstić information content (AvgIpc) is 1.83. The predicted molar refractivity (Wildman–Crippen MR) is 44.2 cm³/mol. The summed E-state index contributed by atoms with van der Waals surface area (Å²) in [5, 5.41) is 10.7. The lowest BCUT2D eigenvalue weighted by atomic mass is 10.3. The summed E-state index contributed by atoms with van der Waals surface area (Å²) in [6.45, 7) is 1.22. The van der Waals surface area contributed by atoms with Gasteiger partial charge >= 0.3 is 5.97 Å². The van der Waals surface area contributed by atoms with E-state index in [-0.39, 0.29) is 5.75 Å². The smallest absolute Gasteiger partial charge is 0.327 e. The van der Waals surface area contributed by atoms with Crippen LogP contribution in [0.2, 0.25) is 0 Å². The Labute approximate surface area is 72.6 Å². The molecule has 0 aliphatic rings. The van der Waals surface area contributed by atoms with Gasteiger partial charge in [-0.2, -0.15) is 0 Å². The summed E-state index contributed by atoms with van der Waals surface area (Å²) in [7, 11) is -1.23. The van der Waals surface area contributed by atoms with E-state index in [1.807, 2.05) is 0 Å². The van der Waals surface area contributed by atoms with Gasteiger partial charge in [0.1, 0.15) is 6.04 Å². The average molecular weight is 193 g/mol. The zero-order chi connectivity index (χ0) is 9.72. The molecule has 70 valence electrons. The second kappa shape index (κ2) is 4.87. The first-order chi connectivity index (χ1) is 5.43. The maximum atomic E-state index is 10.6. The third-order valence-corrected chi connectivity index (χ3v) is 1.88. The molecule has 2 atom stereocenters. The van der Waals surface area contributed by atoms with E-state index in [1.54, 1.807) is 0 Å². The molecule has 0 aromatic heterocycles. The van der Waals surface area contributed by atoms with Crippen molar-refractivity contribution in [1.82, 2.24) is 5.32 Å². The Kier molecular flexibility index (Phi) is 4.50. The van der Waals surface area contributed by atoms with Crippen LogP contribution in [0.1, 0.15) is 6.92 Å². The van der Waals surface area contributed by atoms with Gasteiger partial charge in [0.2, 0.25) is 5.91 Å². The molecule has 0 aliphatic heterocycles. The topological polar surface area (TPSA) is 83.5 Å². The highest BCUT2D eigenvalue weighted by Gasteiger charge is 2.19. The molecule has 0 radical (unpaired) electrons. The Morgan fingerprint density at radius 1 is 1.58 bits per heavy atom. The highest BCUT2D eigenvalue weighted by Crippen LogP contribution is 1.87. The van der Waals surface area contributed by atoms with Gasteiger partial charge in [-0.15, -0.1) is 0 Å². The van der Waals surface area contributed by atoms with Crippen LogP contribution < -0.4 is 5.32 Å². The molecule has 0 aromatic rings. The van der Waals surface area contributed by atoms with Crippen molar-refractivity contribution >= 4 is 22.7 Å². The maximum Gasteiger partial charge on any atom is 0.327 e. The molecule has 0 spiro atoms. The first kappa shape index (κ1) is 11.1. The predicted octanol–water partition coefficient (Wildman–Crippen LogP) is -1.05. The van der Waals surface area contributed by atoms with Crippen LogP contribution in [0.3, 0.4) is 0 Å². The molecule has 0 fully saturated rings. The molecule has 1 amide bonds. The van der Waals surface area contributed by atoms with Crippen LogP contribution in [-0.2, 0) is 20.4 Å². The fraction of sp³-hybridized carbons (Fsp3) is 0.667. The van der Waals surface area contributed by atoms with Crippen molar-refractivity contribution in [2.45, 2.75) is 13.0 Å². The van der Waals surface area contributed by atoms with Crippen LogP contribution >= 0.6 is 0 Å². The van der Waals surface area contributed by atoms with E-state index in [1.165, 1.54) is 13.2 Å². The number of carbonyl (C=O) groups excluding carboxylic acids is 1. The third-order valence-electron chi connectivity index (χ3n) is 1.08. The normalized spacial score (nSPS) is 14.8. The molecular formula is C6H11NO4S. The second-order valence-corrected chi connectivity index (χ2v) is 3.81. The lowest BCUT2D eigenvalue weighted by Crippen LogP contribution is -2.43. The highest BCUT2D eigenvalue weighted by atomic mass is 32.2. The van der Waals surface area contributed by atoms with Crippen molar-refractivity contribution in [2.75, 3.05) is 12.0 Å². The Bertz CT molecular complexity index is 200. The van der Waals surface area contributed by atoms with E-state index in [0.29, 0.717) is 0 Å². The fourth-order valence-corrected chi connectivity index (χ4v) is 1.35. The van der Waals surface area contributed by atoms with E-state index in [2.05, 4.69) is 5.32 Å². The molecule has 2 unspecified atom stereocenters. The summed E-state index contributed by atoms with van der Waals surface area (Å²) in [5.41, 5.74) is 0. The first-order valence-corrected chi connectivity index (χ1v) is 4.96. The number of carbonyl (C=O) groups is 2. The summed E-state index contributed by atoms with van der Waals surface area (Å²) in [4.78, 5) is 20.9. The number of rotatable bonds is 4. The molecule has 0 bridgehead atoms. The lowest BCUT2D eigenvalue weighted by Gasteiger charge is -2.10. The third kappa shape index (κ3) is 4.84. The van der Waals surface area contributed by atoms with Crippen LogP contribution in [0.4, 0.5) is 0 Å². The molecule has 0 aromatic carbocycles. The Balaban J connectivity index is 4.14. The van der Waals surface area contributed by atoms with Crippen LogP contribution in [0.25, 0.3) is 0 Å². The monoisotopic (exact) mass is 193 g/mol. The van der Waals surface area contributed by atoms with E-state index < -0.39 is 28.7 Å². The summed E-state index contributed by atoms with van der Waals surface area (Å²) in [6.07, 6.45) is 1.39. The standard InChI is InChI=1S/C6H11NO4S/c1-4(8)7-5(6(9)10)3-12(2)11/h5H,3H2,1-2H3,(H,7,8)(H,9,10). The van der Waals surface area contributed by atoms with Gasteiger partial charge in [-0.25, -0.2) is 4.79 Å². The fourth-order valence-electron chi connectivity index (χ4n) is 0.655. The minimum absolute atomic E-state index is 0.0606. The number of nitrogens with one attached hydrogen (secondary N) is 1. The van der Waals surface area contributed by atoms with Crippen molar-refractivity contribution in [3.05, 3.63) is 0 Å². The number of aliphatic carboxylic acids is 1. The van der Waals surface area contributed by atoms with Crippen LogP contribution in [0, 0.1) is 0 Å². The van der Waals surface area contributed by atoms with E-state index in [4.69, 9.17) is 5.11 Å². The second-order valence-electron chi connectivity index (χ2n) is 2.33. The number of carboxylic acid groups (broad SMARTS) is 1. The molecule has 2 N–H and O–H groups in total. The van der Waals surface area contributed by atoms with Gasteiger partial charge < -0.3 is 10.4 Å². The van der Waals surface area contributed by atoms with Crippen LogP contribution in [-0.4, -0.2) is 39.2 Å². The van der Waals surface area contributed by atoms with Gasteiger partial charge in [0.05, 0.1) is 5.75 Å². The zero-order valence-electron chi connectivity index (χ0n) is 6.86. The molecule has 0 saturated carbocycles. The van der Waals surface area contributed by atoms with E-state index >= 15 is 0 Å². The van der Waals surface area contributed by atoms with Crippen molar-refractivity contribution < 1.29 is 18.9 Å². The summed E-state index contributed by atoms with van der Waals surface area (Å²) < 4.78 is 10.6. The Morgan fingerprint density at radius 3 is 2.33 bits per heavy atom. The number of amides is 1. The van der Waals surface area contributed by atoms with Gasteiger partial charge in [0, 0.05) is 24.0 Å². The summed E-state index contributed by atoms with van der Waals surface area (Å²) in [5.74, 6) is -1.66. The molecule has 5 nitrogen and oxygen atoms in total. The Morgan fingerprint density at radius 2 is 2.08 bits per heavy atom. The summed E-state index contributed by atoms with van der Waals surface area (Å²) >= 11 is 0. The Hall–Kier alpha value is -0.910. The van der Waals surface area contributed by atoms with E-state index in [9.17, 15) is 13.8 Å². The SMILES string of the molecule is CC(=O)NC(CS(C)=O)C(=O)O. The van der Waals surface area contributed by atoms with Crippen molar-refractivity contribution in [2.24, 2.45) is 0 Å². The molecule has 0 heterocycles. The number of hydrogen-bond donors (Lipinski definition) is 2. The van der Waals surface area contributed by atoms with Crippen molar-refractivity contribution in [3.63, 3.8) is 0 Å². The minimum Gasteiger partial charge on any atom is -0.480 e. The summed E-state index contributed by atoms with van der Waals surface area (Å²) in [6, 6.07) is -1.05. The first-order valence-electron chi connectivity index (χ1n) is 3.23. The molecule has 0 aliphatic carbocycles. The van der Waals surface area contributed by atoms with E-state index in [0.717, 1.165) is 0 Å². The minimum atomic E-state index is -1.23. The largest absolute Gasteiger partial charge is 0.480 e. The van der Waals surface area contributed by atoms with Crippen molar-refractivity contribution in [3.8, 4) is 0 Å². The van der Waals surface area contributed by atoms with Crippen LogP contribution in [0.5, 0.6) is 0 Å². The quantitative estimate of drug-likeness (QED) is 0.597. The van der Waals surface area contributed by atoms with Gasteiger partial charge in [0.25, 0.3) is 0 Å². The highest BCUT2D eigenvalue weighted by molar-refractivity contribution is 7.84. The van der Waals surface area contributed by atoms with Gasteiger partial charge in [-0.1, -0.05) is 0 Å². The van der Waals surface area contributed by atoms with Crippen LogP contribution in [0.15, 0.2) is 0 Å². The van der Waals surface area contributed by atoms with Gasteiger partial charge in [-0.3, -0.25) is 9.00 Å². The molecule has 12 heavy (non-hydrogen) atoms. The molecule has 6 heteroatoms.